The zero-order valence-electron chi connectivity index (χ0n) is 13.5. The summed E-state index contributed by atoms with van der Waals surface area (Å²) in [7, 11) is 0. The number of hydrogen-bond acceptors (Lipinski definition) is 5. The Labute approximate surface area is 132 Å². The maximum atomic E-state index is 4.58. The molecule has 0 atom stereocenters. The molecule has 5 nitrogen and oxygen atoms in total. The minimum absolute atomic E-state index is 0.602. The van der Waals surface area contributed by atoms with Crippen LogP contribution in [0.1, 0.15) is 32.3 Å². The van der Waals surface area contributed by atoms with Gasteiger partial charge in [-0.2, -0.15) is 10.1 Å². The molecule has 2 rings (SSSR count). The van der Waals surface area contributed by atoms with Gasteiger partial charge in [0.2, 0.25) is 5.95 Å². The molecular formula is C17H25N5. The van der Waals surface area contributed by atoms with Crippen molar-refractivity contribution in [2.45, 2.75) is 33.1 Å². The zero-order chi connectivity index (χ0) is 15.6. The molecule has 0 saturated heterocycles. The highest BCUT2D eigenvalue weighted by Gasteiger charge is 2.08. The average Bonchev–Trinajstić information content (AvgIpc) is 2.56. The van der Waals surface area contributed by atoms with Gasteiger partial charge in [-0.15, -0.1) is 5.10 Å². The maximum Gasteiger partial charge on any atom is 0.244 e. The smallest absolute Gasteiger partial charge is 0.244 e. The predicted octanol–water partition coefficient (Wildman–Crippen LogP) is 3.15. The molecule has 0 fully saturated rings. The Hall–Kier alpha value is -2.17. The number of anilines is 2. The van der Waals surface area contributed by atoms with E-state index in [0.717, 1.165) is 44.7 Å². The van der Waals surface area contributed by atoms with E-state index in [1.54, 1.807) is 6.20 Å². The van der Waals surface area contributed by atoms with Gasteiger partial charge in [0.05, 0.1) is 6.20 Å². The van der Waals surface area contributed by atoms with Crippen LogP contribution >= 0.6 is 0 Å². The highest BCUT2D eigenvalue weighted by Crippen LogP contribution is 2.12. The molecule has 1 heterocycles. The first-order valence-corrected chi connectivity index (χ1v) is 8.06. The van der Waals surface area contributed by atoms with E-state index in [-0.39, 0.29) is 0 Å². The molecule has 0 spiro atoms. The summed E-state index contributed by atoms with van der Waals surface area (Å²) in [6.07, 6.45) is 4.89. The van der Waals surface area contributed by atoms with Crippen molar-refractivity contribution in [2.75, 3.05) is 29.9 Å². The van der Waals surface area contributed by atoms with Gasteiger partial charge in [0.1, 0.15) is 0 Å². The lowest BCUT2D eigenvalue weighted by molar-refractivity contribution is 0.727. The summed E-state index contributed by atoms with van der Waals surface area (Å²) in [6, 6.07) is 10.4. The van der Waals surface area contributed by atoms with Gasteiger partial charge < -0.3 is 10.2 Å². The Kier molecular flexibility index (Phi) is 6.61. The first kappa shape index (κ1) is 16.2. The molecule has 0 radical (unpaired) electrons. The topological polar surface area (TPSA) is 53.9 Å². The summed E-state index contributed by atoms with van der Waals surface area (Å²) < 4.78 is 0. The summed E-state index contributed by atoms with van der Waals surface area (Å²) in [5.41, 5.74) is 1.30. The van der Waals surface area contributed by atoms with Crippen LogP contribution in [-0.2, 0) is 6.42 Å². The van der Waals surface area contributed by atoms with Crippen molar-refractivity contribution in [3.8, 4) is 0 Å². The molecular weight excluding hydrogens is 274 g/mol. The molecule has 0 bridgehead atoms. The highest BCUT2D eigenvalue weighted by atomic mass is 15.3. The second-order valence-electron chi connectivity index (χ2n) is 5.29. The van der Waals surface area contributed by atoms with E-state index >= 15 is 0 Å². The molecule has 0 unspecified atom stereocenters. The van der Waals surface area contributed by atoms with E-state index in [9.17, 15) is 0 Å². The van der Waals surface area contributed by atoms with Crippen molar-refractivity contribution in [1.29, 1.82) is 0 Å². The van der Waals surface area contributed by atoms with E-state index in [1.165, 1.54) is 5.56 Å². The lowest BCUT2D eigenvalue weighted by Crippen LogP contribution is -2.26. The van der Waals surface area contributed by atoms with Crippen LogP contribution in [-0.4, -0.2) is 34.8 Å². The van der Waals surface area contributed by atoms with Crippen LogP contribution in [0.4, 0.5) is 11.8 Å². The van der Waals surface area contributed by atoms with Gasteiger partial charge in [0, 0.05) is 19.6 Å². The SMILES string of the molecule is CCCN(CCC)c1cnnc(NCCc2ccccc2)n1. The van der Waals surface area contributed by atoms with Crippen LogP contribution in [0.25, 0.3) is 0 Å². The quantitative estimate of drug-likeness (QED) is 0.771. The van der Waals surface area contributed by atoms with Crippen LogP contribution in [0.15, 0.2) is 36.5 Å². The molecule has 0 saturated carbocycles. The number of nitrogens with zero attached hydrogens (tertiary/aromatic N) is 4. The standard InChI is InChI=1S/C17H25N5/c1-3-12-22(13-4-2)16-14-19-21-17(20-16)18-11-10-15-8-6-5-7-9-15/h5-9,14H,3-4,10-13H2,1-2H3,(H,18,20,21). The van der Waals surface area contributed by atoms with E-state index in [0.29, 0.717) is 5.95 Å². The normalized spacial score (nSPS) is 10.5. The Morgan fingerprint density at radius 2 is 1.77 bits per heavy atom. The second-order valence-corrected chi connectivity index (χ2v) is 5.29. The molecule has 1 aromatic carbocycles. The van der Waals surface area contributed by atoms with Gasteiger partial charge in [-0.1, -0.05) is 44.2 Å². The Bertz CT molecular complexity index is 538. The minimum Gasteiger partial charge on any atom is -0.355 e. The van der Waals surface area contributed by atoms with Gasteiger partial charge in [-0.3, -0.25) is 0 Å². The summed E-state index contributed by atoms with van der Waals surface area (Å²) in [5, 5.41) is 11.4. The van der Waals surface area contributed by atoms with Crippen LogP contribution in [0, 0.1) is 0 Å². The Morgan fingerprint density at radius 1 is 1.05 bits per heavy atom. The summed E-state index contributed by atoms with van der Waals surface area (Å²) in [4.78, 5) is 6.84. The third kappa shape index (κ3) is 4.98. The fraction of sp³-hybridized carbons (Fsp3) is 0.471. The van der Waals surface area contributed by atoms with Gasteiger partial charge in [0.15, 0.2) is 5.82 Å². The monoisotopic (exact) mass is 299 g/mol. The highest BCUT2D eigenvalue weighted by molar-refractivity contribution is 5.40. The second kappa shape index (κ2) is 8.97. The molecule has 118 valence electrons. The number of benzene rings is 1. The van der Waals surface area contributed by atoms with Crippen molar-refractivity contribution in [3.05, 3.63) is 42.1 Å². The largest absolute Gasteiger partial charge is 0.355 e. The van der Waals surface area contributed by atoms with Crippen molar-refractivity contribution in [2.24, 2.45) is 0 Å². The predicted molar refractivity (Wildman–Crippen MR) is 91.3 cm³/mol. The van der Waals surface area contributed by atoms with Gasteiger partial charge in [0.25, 0.3) is 0 Å². The average molecular weight is 299 g/mol. The van der Waals surface area contributed by atoms with Crippen molar-refractivity contribution < 1.29 is 0 Å². The summed E-state index contributed by atoms with van der Waals surface area (Å²) in [6.45, 7) is 7.15. The summed E-state index contributed by atoms with van der Waals surface area (Å²) >= 11 is 0. The molecule has 2 aromatic rings. The lowest BCUT2D eigenvalue weighted by atomic mass is 10.1. The van der Waals surface area contributed by atoms with Crippen molar-refractivity contribution in [1.82, 2.24) is 15.2 Å². The lowest BCUT2D eigenvalue weighted by Gasteiger charge is -2.22. The first-order valence-electron chi connectivity index (χ1n) is 8.06. The number of nitrogens with one attached hydrogen (secondary N) is 1. The van der Waals surface area contributed by atoms with Crippen LogP contribution in [0.2, 0.25) is 0 Å². The first-order chi connectivity index (χ1) is 10.8. The van der Waals surface area contributed by atoms with Crippen molar-refractivity contribution in [3.63, 3.8) is 0 Å². The summed E-state index contributed by atoms with van der Waals surface area (Å²) in [5.74, 6) is 1.51. The molecule has 0 aliphatic carbocycles. The molecule has 1 aromatic heterocycles. The van der Waals surface area contributed by atoms with E-state index in [2.05, 4.69) is 63.5 Å². The molecule has 0 amide bonds. The van der Waals surface area contributed by atoms with Gasteiger partial charge in [-0.25, -0.2) is 0 Å². The van der Waals surface area contributed by atoms with Gasteiger partial charge >= 0.3 is 0 Å². The maximum absolute atomic E-state index is 4.58. The number of hydrogen-bond donors (Lipinski definition) is 1. The van der Waals surface area contributed by atoms with Crippen molar-refractivity contribution >= 4 is 11.8 Å². The molecule has 0 aliphatic heterocycles. The van der Waals surface area contributed by atoms with Crippen LogP contribution in [0.5, 0.6) is 0 Å². The molecule has 22 heavy (non-hydrogen) atoms. The van der Waals surface area contributed by atoms with Crippen LogP contribution in [0.3, 0.4) is 0 Å². The fourth-order valence-corrected chi connectivity index (χ4v) is 2.37. The van der Waals surface area contributed by atoms with Gasteiger partial charge in [-0.05, 0) is 24.8 Å². The third-order valence-electron chi connectivity index (χ3n) is 3.40. The number of rotatable bonds is 9. The van der Waals surface area contributed by atoms with E-state index < -0.39 is 0 Å². The van der Waals surface area contributed by atoms with E-state index in [4.69, 9.17) is 0 Å². The van der Waals surface area contributed by atoms with Crippen LogP contribution < -0.4 is 10.2 Å². The van der Waals surface area contributed by atoms with E-state index in [1.807, 2.05) is 6.07 Å². The number of aromatic nitrogens is 3. The molecule has 1 N–H and O–H groups in total. The Balaban J connectivity index is 1.92. The molecule has 5 heteroatoms. The minimum atomic E-state index is 0.602. The fourth-order valence-electron chi connectivity index (χ4n) is 2.37. The Morgan fingerprint density at radius 3 is 2.45 bits per heavy atom. The third-order valence-corrected chi connectivity index (χ3v) is 3.40. The zero-order valence-corrected chi connectivity index (χ0v) is 13.5. The molecule has 0 aliphatic rings.